The normalized spacial score (nSPS) is 18.9. The number of carbonyl (C=O) groups excluding carboxylic acids is 1. The fourth-order valence-electron chi connectivity index (χ4n) is 4.80. The van der Waals surface area contributed by atoms with E-state index in [0.717, 1.165) is 24.5 Å². The average molecular weight is 389 g/mol. The zero-order valence-electron chi connectivity index (χ0n) is 17.5. The Balaban J connectivity index is 1.67. The number of hydrogen-bond donors (Lipinski definition) is 0. The van der Waals surface area contributed by atoms with Gasteiger partial charge < -0.3 is 14.4 Å². The van der Waals surface area contributed by atoms with Crippen LogP contribution in [0.25, 0.3) is 11.8 Å². The Morgan fingerprint density at radius 3 is 2.69 bits per heavy atom. The molecule has 1 atom stereocenters. The minimum Gasteiger partial charge on any atom is -0.454 e. The van der Waals surface area contributed by atoms with Crippen molar-refractivity contribution in [1.82, 2.24) is 4.90 Å². The number of rotatable bonds is 3. The summed E-state index contributed by atoms with van der Waals surface area (Å²) in [6, 6.07) is 8.71. The molecule has 5 rings (SSSR count). The summed E-state index contributed by atoms with van der Waals surface area (Å²) in [6.07, 6.45) is 3.78. The van der Waals surface area contributed by atoms with Crippen LogP contribution in [0.15, 0.2) is 24.3 Å². The predicted octanol–water partition coefficient (Wildman–Crippen LogP) is 5.06. The number of Topliss-reactive ketones (excluding diaryl/α,β-unsaturated/α-hetero) is 1. The molecule has 3 aliphatic rings. The third-order valence-electron chi connectivity index (χ3n) is 6.67. The van der Waals surface area contributed by atoms with Gasteiger partial charge in [0.25, 0.3) is 0 Å². The lowest BCUT2D eigenvalue weighted by atomic mass is 9.81. The van der Waals surface area contributed by atoms with E-state index in [1.54, 1.807) is 0 Å². The lowest BCUT2D eigenvalue weighted by Gasteiger charge is -2.44. The van der Waals surface area contributed by atoms with Crippen molar-refractivity contribution in [1.29, 1.82) is 0 Å². The molecule has 29 heavy (non-hydrogen) atoms. The second kappa shape index (κ2) is 6.65. The molecule has 0 bridgehead atoms. The van der Waals surface area contributed by atoms with Gasteiger partial charge in [-0.05, 0) is 66.3 Å². The van der Waals surface area contributed by atoms with Crippen molar-refractivity contribution in [2.45, 2.75) is 46.6 Å². The van der Waals surface area contributed by atoms with E-state index in [9.17, 15) is 4.79 Å². The summed E-state index contributed by atoms with van der Waals surface area (Å²) in [7, 11) is 0. The second-order valence-corrected chi connectivity index (χ2v) is 8.69. The predicted molar refractivity (Wildman–Crippen MR) is 114 cm³/mol. The van der Waals surface area contributed by atoms with E-state index in [-0.39, 0.29) is 18.8 Å². The maximum Gasteiger partial charge on any atom is 0.231 e. The van der Waals surface area contributed by atoms with Gasteiger partial charge in [0.05, 0.1) is 6.04 Å². The number of hydrogen-bond acceptors (Lipinski definition) is 4. The lowest BCUT2D eigenvalue weighted by molar-refractivity contribution is -0.123. The molecule has 0 radical (unpaired) electrons. The summed E-state index contributed by atoms with van der Waals surface area (Å²) in [5.41, 5.74) is 8.81. The summed E-state index contributed by atoms with van der Waals surface area (Å²) in [5.74, 6) is 2.02. The number of benzene rings is 2. The van der Waals surface area contributed by atoms with Crippen LogP contribution in [0.3, 0.4) is 0 Å². The van der Waals surface area contributed by atoms with Crippen LogP contribution < -0.4 is 9.47 Å². The molecule has 0 fully saturated rings. The molecule has 0 saturated heterocycles. The van der Waals surface area contributed by atoms with Crippen LogP contribution in [-0.4, -0.2) is 24.0 Å². The fraction of sp³-hybridized carbons (Fsp3) is 0.400. The van der Waals surface area contributed by atoms with E-state index in [4.69, 9.17) is 9.47 Å². The molecule has 1 unspecified atom stereocenters. The fourth-order valence-corrected chi connectivity index (χ4v) is 4.80. The van der Waals surface area contributed by atoms with Crippen LogP contribution in [0, 0.1) is 19.8 Å². The molecule has 2 aromatic rings. The maximum absolute atomic E-state index is 12.8. The highest BCUT2D eigenvalue weighted by molar-refractivity contribution is 5.89. The number of ether oxygens (including phenoxy) is 2. The third-order valence-corrected chi connectivity index (χ3v) is 6.67. The van der Waals surface area contributed by atoms with E-state index in [1.807, 2.05) is 13.8 Å². The first-order chi connectivity index (χ1) is 13.9. The third kappa shape index (κ3) is 2.85. The van der Waals surface area contributed by atoms with Crippen molar-refractivity contribution in [2.75, 3.05) is 13.3 Å². The molecule has 2 aromatic carbocycles. The standard InChI is InChI=1S/C25H27NO3/c1-14(2)22(27)12-21-25-16(4)15(3)5-6-18(25)9-20-19-11-24-23(28-13-29-24)10-17(19)7-8-26(20)21/h5-6,9-11,14,21H,7-8,12-13H2,1-4H3. The first kappa shape index (κ1) is 18.3. The molecular weight excluding hydrogens is 362 g/mol. The van der Waals surface area contributed by atoms with Gasteiger partial charge in [-0.15, -0.1) is 0 Å². The quantitative estimate of drug-likeness (QED) is 0.736. The molecule has 4 nitrogen and oxygen atoms in total. The van der Waals surface area contributed by atoms with Crippen LogP contribution >= 0.6 is 0 Å². The van der Waals surface area contributed by atoms with Crippen LogP contribution in [-0.2, 0) is 11.2 Å². The Hall–Kier alpha value is -2.75. The van der Waals surface area contributed by atoms with Crippen molar-refractivity contribution < 1.29 is 14.3 Å². The molecule has 0 spiro atoms. The summed E-state index contributed by atoms with van der Waals surface area (Å²) < 4.78 is 11.2. The SMILES string of the molecule is Cc1ccc2c(c1C)C(CC(=O)C(C)C)N1CCc3cc4c(cc3C1=C2)OCO4. The van der Waals surface area contributed by atoms with Gasteiger partial charge in [-0.25, -0.2) is 0 Å². The molecule has 0 amide bonds. The topological polar surface area (TPSA) is 38.8 Å². The van der Waals surface area contributed by atoms with E-state index >= 15 is 0 Å². The molecule has 0 N–H and O–H groups in total. The van der Waals surface area contributed by atoms with Crippen molar-refractivity contribution in [3.05, 3.63) is 57.6 Å². The van der Waals surface area contributed by atoms with Crippen molar-refractivity contribution in [3.63, 3.8) is 0 Å². The Labute approximate surface area is 172 Å². The number of carbonyl (C=O) groups is 1. The van der Waals surface area contributed by atoms with E-state index < -0.39 is 0 Å². The molecule has 4 heteroatoms. The van der Waals surface area contributed by atoms with Gasteiger partial charge in [-0.3, -0.25) is 4.79 Å². The van der Waals surface area contributed by atoms with E-state index in [1.165, 1.54) is 39.1 Å². The molecular formula is C25H27NO3. The zero-order chi connectivity index (χ0) is 20.3. The van der Waals surface area contributed by atoms with Gasteiger partial charge in [0.2, 0.25) is 6.79 Å². The monoisotopic (exact) mass is 389 g/mol. The molecule has 150 valence electrons. The van der Waals surface area contributed by atoms with Gasteiger partial charge in [0.15, 0.2) is 11.5 Å². The van der Waals surface area contributed by atoms with Gasteiger partial charge in [-0.1, -0.05) is 26.0 Å². The Bertz CT molecular complexity index is 1050. The van der Waals surface area contributed by atoms with Crippen LogP contribution in [0.5, 0.6) is 11.5 Å². The highest BCUT2D eigenvalue weighted by atomic mass is 16.7. The summed E-state index contributed by atoms with van der Waals surface area (Å²) >= 11 is 0. The molecule has 0 aliphatic carbocycles. The zero-order valence-corrected chi connectivity index (χ0v) is 17.5. The van der Waals surface area contributed by atoms with E-state index in [0.29, 0.717) is 12.2 Å². The minimum absolute atomic E-state index is 0.0452. The number of aryl methyl sites for hydroxylation is 1. The Morgan fingerprint density at radius 1 is 1.17 bits per heavy atom. The molecule has 0 saturated carbocycles. The largest absolute Gasteiger partial charge is 0.454 e. The summed E-state index contributed by atoms with van der Waals surface area (Å²) in [6.45, 7) is 9.53. The molecule has 3 aliphatic heterocycles. The minimum atomic E-state index is 0.0452. The first-order valence-electron chi connectivity index (χ1n) is 10.5. The lowest BCUT2D eigenvalue weighted by Crippen LogP contribution is -2.37. The molecule has 0 aromatic heterocycles. The van der Waals surface area contributed by atoms with Crippen molar-refractivity contribution in [3.8, 4) is 11.5 Å². The first-order valence-corrected chi connectivity index (χ1v) is 10.5. The number of ketones is 1. The average Bonchev–Trinajstić information content (AvgIpc) is 3.16. The van der Waals surface area contributed by atoms with Crippen molar-refractivity contribution in [2.24, 2.45) is 5.92 Å². The number of nitrogens with zero attached hydrogens (tertiary/aromatic N) is 1. The van der Waals surface area contributed by atoms with Gasteiger partial charge >= 0.3 is 0 Å². The highest BCUT2D eigenvalue weighted by Crippen LogP contribution is 2.48. The van der Waals surface area contributed by atoms with Crippen molar-refractivity contribution >= 4 is 17.6 Å². The van der Waals surface area contributed by atoms with Gasteiger partial charge in [0.1, 0.15) is 5.78 Å². The smallest absolute Gasteiger partial charge is 0.231 e. The van der Waals surface area contributed by atoms with Crippen LogP contribution in [0.1, 0.15) is 59.7 Å². The van der Waals surface area contributed by atoms with E-state index in [2.05, 4.69) is 49.1 Å². The molecule has 3 heterocycles. The van der Waals surface area contributed by atoms with Gasteiger partial charge in [-0.2, -0.15) is 0 Å². The Morgan fingerprint density at radius 2 is 1.93 bits per heavy atom. The highest BCUT2D eigenvalue weighted by Gasteiger charge is 2.36. The number of fused-ring (bicyclic) bond motifs is 5. The van der Waals surface area contributed by atoms with Crippen LogP contribution in [0.2, 0.25) is 0 Å². The summed E-state index contributed by atoms with van der Waals surface area (Å²) in [4.78, 5) is 15.3. The Kier molecular flexibility index (Phi) is 4.19. The second-order valence-electron chi connectivity index (χ2n) is 8.69. The maximum atomic E-state index is 12.8. The van der Waals surface area contributed by atoms with Gasteiger partial charge in [0, 0.05) is 30.1 Å². The van der Waals surface area contributed by atoms with Crippen LogP contribution in [0.4, 0.5) is 0 Å². The summed E-state index contributed by atoms with van der Waals surface area (Å²) in [5, 5.41) is 0.